The Balaban J connectivity index is 5.44. The van der Waals surface area contributed by atoms with Gasteiger partial charge in [-0.1, -0.05) is 284 Å². The lowest BCUT2D eigenvalue weighted by Crippen LogP contribution is -2.30. The largest absolute Gasteiger partial charge is 0.472 e. The first-order valence-corrected chi connectivity index (χ1v) is 42.8. The molecule has 0 aliphatic heterocycles. The van der Waals surface area contributed by atoms with Crippen LogP contribution in [0.2, 0.25) is 0 Å². The number of esters is 4. The zero-order valence-corrected chi connectivity index (χ0v) is 65.8. The van der Waals surface area contributed by atoms with Crippen molar-refractivity contribution in [3.05, 3.63) is 122 Å². The van der Waals surface area contributed by atoms with Crippen LogP contribution >= 0.6 is 15.6 Å². The third-order valence-electron chi connectivity index (χ3n) is 16.4. The molecule has 0 bridgehead atoms. The fourth-order valence-electron chi connectivity index (χ4n) is 10.4. The Hall–Kier alpha value is -4.54. The van der Waals surface area contributed by atoms with E-state index in [2.05, 4.69) is 137 Å². The second-order valence-electron chi connectivity index (χ2n) is 26.3. The number of unbranched alkanes of at least 4 members (excludes halogenated alkanes) is 28. The van der Waals surface area contributed by atoms with Gasteiger partial charge in [-0.3, -0.25) is 37.3 Å². The van der Waals surface area contributed by atoms with Gasteiger partial charge in [-0.25, -0.2) is 9.13 Å². The smallest absolute Gasteiger partial charge is 0.462 e. The van der Waals surface area contributed by atoms with E-state index in [0.717, 1.165) is 148 Å². The van der Waals surface area contributed by atoms with Gasteiger partial charge in [-0.2, -0.15) is 0 Å². The Morgan fingerprint density at radius 1 is 0.284 bits per heavy atom. The molecule has 0 radical (unpaired) electrons. The molecule has 0 spiro atoms. The third-order valence-corrected chi connectivity index (χ3v) is 18.3. The monoisotopic (exact) mass is 1470 g/mol. The number of rotatable bonds is 74. The van der Waals surface area contributed by atoms with Gasteiger partial charge in [-0.05, 0) is 135 Å². The van der Waals surface area contributed by atoms with Crippen LogP contribution in [0.4, 0.5) is 0 Å². The van der Waals surface area contributed by atoms with E-state index in [1.165, 1.54) is 89.9 Å². The first kappa shape index (κ1) is 97.5. The summed E-state index contributed by atoms with van der Waals surface area (Å²) in [6, 6.07) is 0. The molecular formula is C83H142O17P2. The summed E-state index contributed by atoms with van der Waals surface area (Å²) in [5, 5.41) is 10.6. The summed E-state index contributed by atoms with van der Waals surface area (Å²) in [7, 11) is -9.98. The van der Waals surface area contributed by atoms with Crippen LogP contribution in [-0.4, -0.2) is 96.7 Å². The van der Waals surface area contributed by atoms with Crippen molar-refractivity contribution in [3.63, 3.8) is 0 Å². The minimum Gasteiger partial charge on any atom is -0.462 e. The minimum atomic E-state index is -5.00. The number of carbonyl (C=O) groups excluding carboxylic acids is 4. The van der Waals surface area contributed by atoms with Crippen molar-refractivity contribution >= 4 is 39.5 Å². The van der Waals surface area contributed by atoms with Crippen LogP contribution in [0.15, 0.2) is 122 Å². The first-order chi connectivity index (χ1) is 49.7. The van der Waals surface area contributed by atoms with Crippen LogP contribution in [0, 0.1) is 0 Å². The van der Waals surface area contributed by atoms with Crippen LogP contribution in [0.3, 0.4) is 0 Å². The lowest BCUT2D eigenvalue weighted by atomic mass is 10.0. The highest BCUT2D eigenvalue weighted by Gasteiger charge is 2.30. The first-order valence-electron chi connectivity index (χ1n) is 39.8. The highest BCUT2D eigenvalue weighted by atomic mass is 31.2. The minimum absolute atomic E-state index is 0.0530. The molecule has 3 N–H and O–H groups in total. The number of aliphatic hydroxyl groups excluding tert-OH is 1. The van der Waals surface area contributed by atoms with E-state index in [0.29, 0.717) is 32.1 Å². The van der Waals surface area contributed by atoms with Crippen molar-refractivity contribution in [2.45, 2.75) is 341 Å². The average molecular weight is 1470 g/mol. The van der Waals surface area contributed by atoms with Gasteiger partial charge in [0, 0.05) is 25.7 Å². The van der Waals surface area contributed by atoms with Gasteiger partial charge in [-0.15, -0.1) is 0 Å². The normalized spacial score (nSPS) is 14.5. The summed E-state index contributed by atoms with van der Waals surface area (Å²) >= 11 is 0. The highest BCUT2D eigenvalue weighted by Crippen LogP contribution is 2.45. The van der Waals surface area contributed by atoms with Crippen LogP contribution in [0.5, 0.6) is 0 Å². The van der Waals surface area contributed by atoms with Crippen molar-refractivity contribution in [2.24, 2.45) is 0 Å². The second kappa shape index (κ2) is 74.7. The zero-order valence-electron chi connectivity index (χ0n) is 64.0. The van der Waals surface area contributed by atoms with Gasteiger partial charge < -0.3 is 33.8 Å². The number of allylic oxidation sites excluding steroid dienone is 20. The van der Waals surface area contributed by atoms with Crippen LogP contribution < -0.4 is 0 Å². The van der Waals surface area contributed by atoms with Crippen LogP contribution in [0.25, 0.3) is 0 Å². The SMILES string of the molecule is CCC=CCC=CCC=CCC=CCCCCCCC(=O)O[C@H](COC(=O)CCCC=CCC=CCC=CCC=CCCCCC)COP(=O)(O)OCC(O)COP(=O)(O)OC[C@@H](COC(=O)CCCCCCCC=CCC=CCCCCC)OC(=O)CCCCCCCCCCCCCCC. The van der Waals surface area contributed by atoms with E-state index in [1.54, 1.807) is 0 Å². The summed E-state index contributed by atoms with van der Waals surface area (Å²) in [4.78, 5) is 73.0. The molecule has 5 atom stereocenters. The van der Waals surface area contributed by atoms with E-state index >= 15 is 0 Å². The molecule has 0 amide bonds. The van der Waals surface area contributed by atoms with Gasteiger partial charge in [0.05, 0.1) is 26.4 Å². The number of aliphatic hydroxyl groups is 1. The van der Waals surface area contributed by atoms with Crippen molar-refractivity contribution < 1.29 is 80.2 Å². The van der Waals surface area contributed by atoms with E-state index in [9.17, 15) is 43.2 Å². The molecule has 0 fully saturated rings. The summed E-state index contributed by atoms with van der Waals surface area (Å²) in [5.74, 6) is -2.27. The average Bonchev–Trinajstić information content (AvgIpc) is 0.908. The standard InChI is InChI=1S/C83H142O17P2/c1-5-9-13-17-21-25-29-33-36-38-41-45-48-52-56-60-64-68-81(86)94-74-79(100-83(88)70-66-62-58-54-50-46-42-39-37-34-30-26-22-18-14-10-6-2)76-98-102(91,92)96-72-77(84)71-95-101(89,90)97-75-78(99-82(87)69-65-61-57-53-49-43-32-28-24-20-16-12-8-4)73-93-80(85)67-63-59-55-51-47-44-40-35-31-27-23-19-15-11-7-3/h10,14,21-23,25-27,33-37,40-42,45-46,52,56,77-79,84H,5-9,11-13,15-20,24,28-32,38-39,43-44,47-51,53-55,57-76H2,1-4H3,(H,89,90)(H,91,92)/t77?,78-,79-/m1/s1. The molecule has 102 heavy (non-hydrogen) atoms. The zero-order chi connectivity index (χ0) is 74.6. The topological polar surface area (TPSA) is 237 Å². The summed E-state index contributed by atoms with van der Waals surface area (Å²) < 4.78 is 68.5. The molecule has 3 unspecified atom stereocenters. The number of hydrogen-bond acceptors (Lipinski definition) is 15. The second-order valence-corrected chi connectivity index (χ2v) is 29.2. The number of phosphoric acid groups is 2. The molecule has 0 aromatic carbocycles. The molecule has 586 valence electrons. The fraction of sp³-hybridized carbons (Fsp3) is 0.711. The summed E-state index contributed by atoms with van der Waals surface area (Å²) in [6.07, 6.45) is 81.8. The van der Waals surface area contributed by atoms with E-state index in [4.69, 9.17) is 37.0 Å². The molecule has 0 aliphatic rings. The number of carbonyl (C=O) groups is 4. The molecule has 0 aliphatic carbocycles. The van der Waals surface area contributed by atoms with Gasteiger partial charge in [0.15, 0.2) is 12.2 Å². The molecular weight excluding hydrogens is 1330 g/mol. The lowest BCUT2D eigenvalue weighted by Gasteiger charge is -2.21. The Bertz CT molecular complexity index is 2410. The number of phosphoric ester groups is 2. The summed E-state index contributed by atoms with van der Waals surface area (Å²) in [6.45, 7) is 4.62. The predicted octanol–water partition coefficient (Wildman–Crippen LogP) is 23.1. The van der Waals surface area contributed by atoms with E-state index in [-0.39, 0.29) is 25.7 Å². The van der Waals surface area contributed by atoms with Crippen molar-refractivity contribution in [1.82, 2.24) is 0 Å². The Morgan fingerprint density at radius 2 is 0.520 bits per heavy atom. The number of hydrogen-bond donors (Lipinski definition) is 3. The van der Waals surface area contributed by atoms with Crippen molar-refractivity contribution in [1.29, 1.82) is 0 Å². The highest BCUT2D eigenvalue weighted by molar-refractivity contribution is 7.47. The molecule has 0 aromatic rings. The summed E-state index contributed by atoms with van der Waals surface area (Å²) in [5.41, 5.74) is 0. The molecule has 19 heteroatoms. The Kier molecular flexibility index (Phi) is 71.4. The van der Waals surface area contributed by atoms with E-state index in [1.807, 2.05) is 12.2 Å². The van der Waals surface area contributed by atoms with Gasteiger partial charge in [0.1, 0.15) is 19.3 Å². The van der Waals surface area contributed by atoms with Crippen molar-refractivity contribution in [3.8, 4) is 0 Å². The maximum atomic E-state index is 13.1. The predicted molar refractivity (Wildman–Crippen MR) is 418 cm³/mol. The molecule has 0 saturated carbocycles. The Labute approximate surface area is 619 Å². The van der Waals surface area contributed by atoms with Crippen LogP contribution in [0.1, 0.15) is 323 Å². The maximum Gasteiger partial charge on any atom is 0.472 e. The molecule has 0 aromatic heterocycles. The van der Waals surface area contributed by atoms with Gasteiger partial charge in [0.25, 0.3) is 0 Å². The molecule has 0 rings (SSSR count). The van der Waals surface area contributed by atoms with Gasteiger partial charge >= 0.3 is 39.5 Å². The lowest BCUT2D eigenvalue weighted by molar-refractivity contribution is -0.161. The maximum absolute atomic E-state index is 13.1. The van der Waals surface area contributed by atoms with Gasteiger partial charge in [0.2, 0.25) is 0 Å². The molecule has 0 saturated heterocycles. The quantitative estimate of drug-likeness (QED) is 0.0169. The molecule has 0 heterocycles. The third kappa shape index (κ3) is 73.8. The van der Waals surface area contributed by atoms with Crippen molar-refractivity contribution in [2.75, 3.05) is 39.6 Å². The van der Waals surface area contributed by atoms with E-state index < -0.39 is 97.5 Å². The number of ether oxygens (including phenoxy) is 4. The van der Waals surface area contributed by atoms with Crippen LogP contribution in [-0.2, 0) is 65.4 Å². The molecule has 17 nitrogen and oxygen atoms in total. The Morgan fingerprint density at radius 3 is 0.843 bits per heavy atom. The fourth-order valence-corrected chi connectivity index (χ4v) is 11.9.